The first-order chi connectivity index (χ1) is 32.8. The molecule has 0 spiro atoms. The Morgan fingerprint density at radius 2 is 0.855 bits per heavy atom. The number of aliphatic hydroxyl groups is 1. The Morgan fingerprint density at radius 1 is 0.551 bits per heavy atom. The summed E-state index contributed by atoms with van der Waals surface area (Å²) in [6, 6.07) is 38.9. The van der Waals surface area contributed by atoms with E-state index in [0.717, 1.165) is 59.7 Å². The van der Waals surface area contributed by atoms with Crippen LogP contribution in [-0.4, -0.2) is 63.4 Å². The van der Waals surface area contributed by atoms with Crippen molar-refractivity contribution in [2.45, 2.75) is 119 Å². The molecule has 376 valence electrons. The van der Waals surface area contributed by atoms with E-state index in [2.05, 4.69) is 74.5 Å². The summed E-state index contributed by atoms with van der Waals surface area (Å²) >= 11 is 5.78. The van der Waals surface area contributed by atoms with E-state index in [4.69, 9.17) is 30.9 Å². The zero-order valence-electron chi connectivity index (χ0n) is 43.9. The molecule has 3 aliphatic rings. The highest BCUT2D eigenvalue weighted by Crippen LogP contribution is 2.49. The van der Waals surface area contributed by atoms with Gasteiger partial charge >= 0.3 is 7.80 Å². The van der Waals surface area contributed by atoms with Gasteiger partial charge in [-0.1, -0.05) is 199 Å². The van der Waals surface area contributed by atoms with E-state index in [-0.39, 0.29) is 29.0 Å². The highest BCUT2D eigenvalue weighted by atomic mass is 35.5. The van der Waals surface area contributed by atoms with Crippen LogP contribution in [0.2, 0.25) is 0 Å². The largest absolute Gasteiger partial charge is 0.415 e. The van der Waals surface area contributed by atoms with Gasteiger partial charge in [-0.3, -0.25) is 0 Å². The van der Waals surface area contributed by atoms with E-state index >= 15 is 0 Å². The number of halogens is 1. The number of alkyl halides is 1. The van der Waals surface area contributed by atoms with E-state index in [0.29, 0.717) is 42.0 Å². The zero-order chi connectivity index (χ0) is 50.8. The molecule has 3 fully saturated rings. The Kier molecular flexibility index (Phi) is 23.1. The number of benzene rings is 4. The fraction of sp³-hybridized carbons (Fsp3) is 0.500. The average Bonchev–Trinajstić information content (AvgIpc) is 3.36. The molecule has 0 aromatic heterocycles. The predicted octanol–water partition coefficient (Wildman–Crippen LogP) is 13.9. The lowest BCUT2D eigenvalue weighted by molar-refractivity contribution is 0.0368. The first-order valence-electron chi connectivity index (χ1n) is 24.9. The topological polar surface area (TPSA) is 82.1 Å². The smallest absolute Gasteiger partial charge is 0.392 e. The molecule has 69 heavy (non-hydrogen) atoms. The van der Waals surface area contributed by atoms with Gasteiger partial charge in [-0.05, 0) is 96.8 Å². The summed E-state index contributed by atoms with van der Waals surface area (Å²) in [5.74, 6) is 2.42. The number of hydrogen-bond acceptors (Lipinski definition) is 6. The quantitative estimate of drug-likeness (QED) is 0.0916. The van der Waals surface area contributed by atoms with Gasteiger partial charge in [0.05, 0.1) is 24.9 Å². The molecule has 9 heteroatoms. The van der Waals surface area contributed by atoms with Gasteiger partial charge in [0, 0.05) is 44.0 Å². The third-order valence-corrected chi connectivity index (χ3v) is 20.6. The lowest BCUT2D eigenvalue weighted by atomic mass is 9.65. The molecule has 0 amide bonds. The van der Waals surface area contributed by atoms with Crippen LogP contribution in [0.4, 0.5) is 0 Å². The Labute approximate surface area is 423 Å². The minimum atomic E-state index is -2.71. The van der Waals surface area contributed by atoms with Crippen molar-refractivity contribution in [1.82, 2.24) is 0 Å². The maximum atomic E-state index is 14.2. The molecule has 4 aromatic rings. The van der Waals surface area contributed by atoms with E-state index in [1.165, 1.54) is 16.7 Å². The molecule has 6 nitrogen and oxygen atoms in total. The van der Waals surface area contributed by atoms with Gasteiger partial charge in [-0.15, -0.1) is 11.6 Å². The average molecular weight is 999 g/mol. The molecule has 0 heterocycles. The van der Waals surface area contributed by atoms with Crippen molar-refractivity contribution in [3.05, 3.63) is 156 Å². The van der Waals surface area contributed by atoms with Crippen LogP contribution in [0.15, 0.2) is 156 Å². The van der Waals surface area contributed by atoms with E-state index in [1.54, 1.807) is 21.3 Å². The summed E-state index contributed by atoms with van der Waals surface area (Å²) in [6.07, 6.45) is 14.2. The molecule has 7 rings (SSSR count). The minimum Gasteiger partial charge on any atom is -0.392 e. The van der Waals surface area contributed by atoms with E-state index in [9.17, 15) is 9.13 Å². The molecule has 3 aliphatic carbocycles. The van der Waals surface area contributed by atoms with Crippen molar-refractivity contribution in [3.63, 3.8) is 0 Å². The molecule has 1 N–H and O–H groups in total. The first-order valence-corrected chi connectivity index (χ1v) is 28.6. The molecular formula is C60H84ClO6P2+. The second-order valence-electron chi connectivity index (χ2n) is 20.8. The van der Waals surface area contributed by atoms with Crippen LogP contribution < -0.4 is 21.2 Å². The number of ether oxygens (including phenoxy) is 3. The Balaban J connectivity index is 0.000000212. The molecular weight excluding hydrogens is 914 g/mol. The third kappa shape index (κ3) is 15.8. The van der Waals surface area contributed by atoms with Crippen molar-refractivity contribution >= 4 is 47.8 Å². The molecule has 3 saturated carbocycles. The number of hydrogen-bond donors (Lipinski definition) is 1. The lowest BCUT2D eigenvalue weighted by Gasteiger charge is -2.42. The summed E-state index contributed by atoms with van der Waals surface area (Å²) in [5, 5.41) is 12.6. The summed E-state index contributed by atoms with van der Waals surface area (Å²) in [4.78, 5) is 0. The lowest BCUT2D eigenvalue weighted by Crippen LogP contribution is -2.35. The molecule has 4 aromatic carbocycles. The first kappa shape index (κ1) is 58.1. The van der Waals surface area contributed by atoms with Crippen LogP contribution in [0.25, 0.3) is 0 Å². The van der Waals surface area contributed by atoms with Gasteiger partial charge in [0.25, 0.3) is 0 Å². The summed E-state index contributed by atoms with van der Waals surface area (Å²) < 4.78 is 42.8. The van der Waals surface area contributed by atoms with Gasteiger partial charge < -0.3 is 23.9 Å². The van der Waals surface area contributed by atoms with Gasteiger partial charge in [0.15, 0.2) is 10.6 Å². The van der Waals surface area contributed by atoms with Crippen molar-refractivity contribution in [2.75, 3.05) is 40.0 Å². The number of aliphatic hydroxyl groups excluding tert-OH is 1. The maximum absolute atomic E-state index is 14.2. The number of allylic oxidation sites excluding steroid dienone is 2. The highest BCUT2D eigenvalue weighted by molar-refractivity contribution is 7.78. The number of rotatable bonds is 11. The monoisotopic (exact) mass is 998 g/mol. The van der Waals surface area contributed by atoms with Gasteiger partial charge in [-0.25, -0.2) is 0 Å². The molecule has 0 saturated heterocycles. The standard InChI is InChI=1S/C24H31O2P.C12H21ClO.C12H22O2.C12H10OP/c1-19-17-21(26-4)18-20(24(19,2)3)15-16-27(25,22-11-7-5-8-12-22)23-13-9-6-10-14-23;2*1-9-7-11(14-4)8-10(5-6-13)12(9,2)3;13-14(11-7-3-1-4-8-11)12-9-5-2-6-10-12/h5-15,19,21H,16-18H2,1-4H3;5,9,11H,6-8H2,1-4H3;5,9,11,13H,6-8H2,1-4H3;1-10H/q;;;+1. The summed E-state index contributed by atoms with van der Waals surface area (Å²) in [6.45, 7) is 20.7. The SMILES string of the molecule is COC1CC(=CCCl)C(C)(C)C(C)C1.COC1CC(=CCO)C(C)(C)C(C)C1.COC1CC(=CCP(=O)(c2ccccc2)c2ccccc2)C(C)(C)C(C)C1.O=[P+](c1ccccc1)c1ccccc1. The predicted molar refractivity (Wildman–Crippen MR) is 295 cm³/mol. The van der Waals surface area contributed by atoms with Gasteiger partial charge in [0.1, 0.15) is 7.14 Å². The van der Waals surface area contributed by atoms with Crippen LogP contribution in [-0.2, 0) is 23.3 Å². The van der Waals surface area contributed by atoms with Crippen LogP contribution in [0, 0.1) is 34.0 Å². The van der Waals surface area contributed by atoms with Crippen molar-refractivity contribution < 1.29 is 28.4 Å². The zero-order valence-corrected chi connectivity index (χ0v) is 46.4. The van der Waals surface area contributed by atoms with Crippen LogP contribution in [0.1, 0.15) is 101 Å². The van der Waals surface area contributed by atoms with Crippen LogP contribution >= 0.6 is 26.5 Å². The molecule has 0 bridgehead atoms. The highest BCUT2D eigenvalue weighted by Gasteiger charge is 2.40. The van der Waals surface area contributed by atoms with Gasteiger partial charge in [-0.2, -0.15) is 0 Å². The van der Waals surface area contributed by atoms with E-state index < -0.39 is 14.9 Å². The van der Waals surface area contributed by atoms with E-state index in [1.807, 2.05) is 127 Å². The molecule has 6 unspecified atom stereocenters. The summed E-state index contributed by atoms with van der Waals surface area (Å²) in [7, 11) is 1.23. The Hall–Kier alpha value is -3.44. The Bertz CT molecular complexity index is 2160. The second kappa shape index (κ2) is 27.4. The fourth-order valence-electron chi connectivity index (χ4n) is 9.78. The van der Waals surface area contributed by atoms with Crippen LogP contribution in [0.3, 0.4) is 0 Å². The molecule has 0 radical (unpaired) electrons. The van der Waals surface area contributed by atoms with Crippen molar-refractivity contribution in [1.29, 1.82) is 0 Å². The molecule has 6 atom stereocenters. The normalized spacial score (nSPS) is 25.5. The van der Waals surface area contributed by atoms with Crippen LogP contribution in [0.5, 0.6) is 0 Å². The Morgan fingerprint density at radius 3 is 1.16 bits per heavy atom. The molecule has 0 aliphatic heterocycles. The van der Waals surface area contributed by atoms with Gasteiger partial charge in [0.2, 0.25) is 0 Å². The third-order valence-electron chi connectivity index (χ3n) is 16.0. The maximum Gasteiger partial charge on any atom is 0.415 e. The van der Waals surface area contributed by atoms with Crippen molar-refractivity contribution in [2.24, 2.45) is 34.0 Å². The number of methoxy groups -OCH3 is 3. The fourth-order valence-corrected chi connectivity index (χ4v) is 13.7. The van der Waals surface area contributed by atoms with Crippen molar-refractivity contribution in [3.8, 4) is 0 Å². The summed E-state index contributed by atoms with van der Waals surface area (Å²) in [5.41, 5.74) is 4.76. The second-order valence-corrected chi connectivity index (χ2v) is 25.7. The minimum absolute atomic E-state index is 0.104.